The fraction of sp³-hybridized carbons (Fsp3) is 0.400. The second kappa shape index (κ2) is 8.56. The van der Waals surface area contributed by atoms with Gasteiger partial charge >= 0.3 is 0 Å². The molecule has 1 heterocycles. The standard InChI is InChI=1S/C20H24N4O2/c1-14(25)15-8-10-18(11-9-15)23-19(26)16-12-21-20(22-13-16)24-17-6-4-2-3-5-7-17/h8-13,17H,2-7H2,1H3,(H,23,26)(H,21,22,24). The van der Waals surface area contributed by atoms with Crippen molar-refractivity contribution < 1.29 is 9.59 Å². The van der Waals surface area contributed by atoms with Gasteiger partial charge < -0.3 is 10.6 Å². The van der Waals surface area contributed by atoms with Crippen LogP contribution in [0.5, 0.6) is 0 Å². The molecule has 1 saturated carbocycles. The summed E-state index contributed by atoms with van der Waals surface area (Å²) in [5, 5.41) is 6.15. The third-order valence-corrected chi connectivity index (χ3v) is 4.65. The summed E-state index contributed by atoms with van der Waals surface area (Å²) < 4.78 is 0. The Kier molecular flexibility index (Phi) is 5.94. The molecular formula is C20H24N4O2. The molecule has 1 amide bonds. The molecule has 0 aliphatic heterocycles. The molecule has 26 heavy (non-hydrogen) atoms. The fourth-order valence-corrected chi connectivity index (χ4v) is 3.12. The van der Waals surface area contributed by atoms with E-state index >= 15 is 0 Å². The quantitative estimate of drug-likeness (QED) is 0.626. The Morgan fingerprint density at radius 2 is 1.54 bits per heavy atom. The van der Waals surface area contributed by atoms with E-state index in [1.54, 1.807) is 24.3 Å². The summed E-state index contributed by atoms with van der Waals surface area (Å²) >= 11 is 0. The number of rotatable bonds is 5. The molecule has 0 atom stereocenters. The van der Waals surface area contributed by atoms with Crippen molar-refractivity contribution in [1.29, 1.82) is 0 Å². The Labute approximate surface area is 153 Å². The van der Waals surface area contributed by atoms with Crippen LogP contribution >= 0.6 is 0 Å². The van der Waals surface area contributed by atoms with Gasteiger partial charge in [-0.2, -0.15) is 0 Å². The van der Waals surface area contributed by atoms with E-state index < -0.39 is 0 Å². The number of anilines is 2. The van der Waals surface area contributed by atoms with E-state index in [9.17, 15) is 9.59 Å². The number of ketones is 1. The van der Waals surface area contributed by atoms with E-state index in [4.69, 9.17) is 0 Å². The first-order chi connectivity index (χ1) is 12.6. The normalized spacial score (nSPS) is 15.1. The number of carbonyl (C=O) groups is 2. The molecule has 0 bridgehead atoms. The highest BCUT2D eigenvalue weighted by atomic mass is 16.1. The molecule has 1 aromatic carbocycles. The third-order valence-electron chi connectivity index (χ3n) is 4.65. The zero-order chi connectivity index (χ0) is 18.4. The monoisotopic (exact) mass is 352 g/mol. The second-order valence-electron chi connectivity index (χ2n) is 6.72. The maximum atomic E-state index is 12.3. The van der Waals surface area contributed by atoms with Crippen LogP contribution in [0.4, 0.5) is 11.6 Å². The van der Waals surface area contributed by atoms with Crippen LogP contribution in [-0.2, 0) is 0 Å². The molecule has 2 aromatic rings. The molecule has 0 spiro atoms. The maximum absolute atomic E-state index is 12.3. The summed E-state index contributed by atoms with van der Waals surface area (Å²) in [7, 11) is 0. The van der Waals surface area contributed by atoms with Crippen molar-refractivity contribution in [3.63, 3.8) is 0 Å². The van der Waals surface area contributed by atoms with Gasteiger partial charge in [-0.25, -0.2) is 9.97 Å². The molecule has 6 nitrogen and oxygen atoms in total. The highest BCUT2D eigenvalue weighted by Crippen LogP contribution is 2.19. The molecule has 0 unspecified atom stereocenters. The van der Waals surface area contributed by atoms with Crippen LogP contribution < -0.4 is 10.6 Å². The number of hydrogen-bond donors (Lipinski definition) is 2. The zero-order valence-corrected chi connectivity index (χ0v) is 15.0. The number of Topliss-reactive ketones (excluding diaryl/α,β-unsaturated/α-hetero) is 1. The average Bonchev–Trinajstić information content (AvgIpc) is 2.91. The fourth-order valence-electron chi connectivity index (χ4n) is 3.12. The van der Waals surface area contributed by atoms with E-state index in [2.05, 4.69) is 20.6 Å². The van der Waals surface area contributed by atoms with Crippen LogP contribution in [0, 0.1) is 0 Å². The molecule has 3 rings (SSSR count). The summed E-state index contributed by atoms with van der Waals surface area (Å²) in [5.41, 5.74) is 1.63. The van der Waals surface area contributed by atoms with E-state index in [1.165, 1.54) is 45.0 Å². The lowest BCUT2D eigenvalue weighted by molar-refractivity contribution is 0.101. The Morgan fingerprint density at radius 3 is 2.12 bits per heavy atom. The topological polar surface area (TPSA) is 84.0 Å². The van der Waals surface area contributed by atoms with Crippen LogP contribution in [-0.4, -0.2) is 27.7 Å². The van der Waals surface area contributed by atoms with Crippen molar-refractivity contribution in [2.24, 2.45) is 0 Å². The van der Waals surface area contributed by atoms with Crippen LogP contribution in [0.2, 0.25) is 0 Å². The first kappa shape index (κ1) is 18.0. The Bertz CT molecular complexity index is 748. The molecule has 1 aromatic heterocycles. The molecule has 1 aliphatic carbocycles. The van der Waals surface area contributed by atoms with Gasteiger partial charge in [0.15, 0.2) is 5.78 Å². The predicted molar refractivity (Wildman–Crippen MR) is 102 cm³/mol. The Hall–Kier alpha value is -2.76. The summed E-state index contributed by atoms with van der Waals surface area (Å²) in [6.07, 6.45) is 10.4. The van der Waals surface area contributed by atoms with Gasteiger partial charge in [0.1, 0.15) is 0 Å². The minimum Gasteiger partial charge on any atom is -0.351 e. The zero-order valence-electron chi connectivity index (χ0n) is 15.0. The first-order valence-electron chi connectivity index (χ1n) is 9.13. The summed E-state index contributed by atoms with van der Waals surface area (Å²) in [4.78, 5) is 32.1. The lowest BCUT2D eigenvalue weighted by atomic mass is 10.1. The molecule has 0 saturated heterocycles. The second-order valence-corrected chi connectivity index (χ2v) is 6.72. The van der Waals surface area contributed by atoms with Gasteiger partial charge in [-0.15, -0.1) is 0 Å². The van der Waals surface area contributed by atoms with Crippen molar-refractivity contribution >= 4 is 23.3 Å². The van der Waals surface area contributed by atoms with Crippen molar-refractivity contribution in [3.8, 4) is 0 Å². The van der Waals surface area contributed by atoms with Crippen LogP contribution in [0.3, 0.4) is 0 Å². The summed E-state index contributed by atoms with van der Waals surface area (Å²) in [6, 6.07) is 7.20. The lowest BCUT2D eigenvalue weighted by Gasteiger charge is -2.15. The van der Waals surface area contributed by atoms with Crippen molar-refractivity contribution in [2.75, 3.05) is 10.6 Å². The summed E-state index contributed by atoms with van der Waals surface area (Å²) in [6.45, 7) is 1.51. The number of nitrogens with one attached hydrogen (secondary N) is 2. The minimum absolute atomic E-state index is 0.00645. The minimum atomic E-state index is -0.276. The van der Waals surface area contributed by atoms with Gasteiger partial charge in [-0.1, -0.05) is 25.7 Å². The highest BCUT2D eigenvalue weighted by Gasteiger charge is 2.14. The van der Waals surface area contributed by atoms with Gasteiger partial charge in [0.05, 0.1) is 5.56 Å². The number of benzene rings is 1. The third kappa shape index (κ3) is 4.88. The highest BCUT2D eigenvalue weighted by molar-refractivity contribution is 6.04. The van der Waals surface area contributed by atoms with Gasteiger partial charge in [0.2, 0.25) is 5.95 Å². The largest absolute Gasteiger partial charge is 0.351 e. The van der Waals surface area contributed by atoms with E-state index in [1.807, 2.05) is 0 Å². The molecule has 0 radical (unpaired) electrons. The van der Waals surface area contributed by atoms with Gasteiger partial charge in [-0.05, 0) is 44.0 Å². The van der Waals surface area contributed by atoms with Gasteiger partial charge in [0.25, 0.3) is 5.91 Å². The van der Waals surface area contributed by atoms with E-state index in [0.717, 1.165) is 12.8 Å². The predicted octanol–water partition coefficient (Wildman–Crippen LogP) is 4.07. The van der Waals surface area contributed by atoms with Gasteiger partial charge in [-0.3, -0.25) is 9.59 Å². The number of nitrogens with zero attached hydrogens (tertiary/aromatic N) is 2. The lowest BCUT2D eigenvalue weighted by Crippen LogP contribution is -2.20. The molecule has 6 heteroatoms. The maximum Gasteiger partial charge on any atom is 0.258 e. The van der Waals surface area contributed by atoms with E-state index in [-0.39, 0.29) is 11.7 Å². The number of amides is 1. The molecule has 2 N–H and O–H groups in total. The first-order valence-corrected chi connectivity index (χ1v) is 9.13. The summed E-state index contributed by atoms with van der Waals surface area (Å²) in [5.74, 6) is 0.286. The van der Waals surface area contributed by atoms with Crippen LogP contribution in [0.25, 0.3) is 0 Å². The molecule has 1 fully saturated rings. The SMILES string of the molecule is CC(=O)c1ccc(NC(=O)c2cnc(NC3CCCCCC3)nc2)cc1. The average molecular weight is 352 g/mol. The molecule has 136 valence electrons. The van der Waals surface area contributed by atoms with Crippen LogP contribution in [0.1, 0.15) is 66.2 Å². The number of carbonyl (C=O) groups excluding carboxylic acids is 2. The van der Waals surface area contributed by atoms with E-state index in [0.29, 0.717) is 28.8 Å². The van der Waals surface area contributed by atoms with Crippen molar-refractivity contribution in [1.82, 2.24) is 9.97 Å². The smallest absolute Gasteiger partial charge is 0.258 e. The van der Waals surface area contributed by atoms with Gasteiger partial charge in [0, 0.05) is 29.7 Å². The Morgan fingerprint density at radius 1 is 0.923 bits per heavy atom. The number of hydrogen-bond acceptors (Lipinski definition) is 5. The Balaban J connectivity index is 1.58. The molecular weight excluding hydrogens is 328 g/mol. The number of aromatic nitrogens is 2. The van der Waals surface area contributed by atoms with Crippen molar-refractivity contribution in [3.05, 3.63) is 47.8 Å². The van der Waals surface area contributed by atoms with Crippen molar-refractivity contribution in [2.45, 2.75) is 51.5 Å². The van der Waals surface area contributed by atoms with Crippen LogP contribution in [0.15, 0.2) is 36.7 Å². The molecule has 1 aliphatic rings.